The minimum Gasteiger partial charge on any atom is -0.507 e. The second kappa shape index (κ2) is 4.02. The second-order valence-electron chi connectivity index (χ2n) is 3.29. The van der Waals surface area contributed by atoms with E-state index in [1.54, 1.807) is 12.1 Å². The summed E-state index contributed by atoms with van der Waals surface area (Å²) in [5, 5.41) is 9.50. The number of nitrogens with one attached hydrogen (secondary N) is 1. The molecule has 0 atom stereocenters. The molecule has 4 nitrogen and oxygen atoms in total. The van der Waals surface area contributed by atoms with Gasteiger partial charge in [-0.15, -0.1) is 0 Å². The number of para-hydroxylation sites is 1. The molecule has 0 bridgehead atoms. The smallest absolute Gasteiger partial charge is 0.247 e. The first kappa shape index (κ1) is 10.2. The van der Waals surface area contributed by atoms with Gasteiger partial charge in [0.15, 0.2) is 5.78 Å². The molecule has 1 aromatic heterocycles. The molecule has 0 fully saturated rings. The summed E-state index contributed by atoms with van der Waals surface area (Å²) >= 11 is 0. The van der Waals surface area contributed by atoms with Crippen LogP contribution in [-0.2, 0) is 0 Å². The fraction of sp³-hybridized carbons (Fsp3) is 0. The molecule has 1 heterocycles. The number of hydrogen-bond acceptors (Lipinski definition) is 3. The SMILES string of the molecule is O=C(c1ccc(=O)[nH]c1)c1ccccc1O. The summed E-state index contributed by atoms with van der Waals surface area (Å²) in [7, 11) is 0. The van der Waals surface area contributed by atoms with Crippen LogP contribution < -0.4 is 5.56 Å². The lowest BCUT2D eigenvalue weighted by atomic mass is 10.0. The van der Waals surface area contributed by atoms with Crippen molar-refractivity contribution in [3.8, 4) is 5.75 Å². The Morgan fingerprint density at radius 3 is 2.50 bits per heavy atom. The molecule has 4 heteroatoms. The molecule has 80 valence electrons. The summed E-state index contributed by atoms with van der Waals surface area (Å²) in [5.41, 5.74) is 0.282. The molecular weight excluding hydrogens is 206 g/mol. The lowest BCUT2D eigenvalue weighted by Gasteiger charge is -2.02. The lowest BCUT2D eigenvalue weighted by Crippen LogP contribution is -2.08. The van der Waals surface area contributed by atoms with E-state index in [2.05, 4.69) is 4.98 Å². The van der Waals surface area contributed by atoms with Gasteiger partial charge >= 0.3 is 0 Å². The molecule has 2 aromatic rings. The highest BCUT2D eigenvalue weighted by Crippen LogP contribution is 2.18. The van der Waals surface area contributed by atoms with E-state index in [4.69, 9.17) is 0 Å². The van der Waals surface area contributed by atoms with Gasteiger partial charge in [-0.3, -0.25) is 9.59 Å². The molecular formula is C12H9NO3. The topological polar surface area (TPSA) is 70.2 Å². The summed E-state index contributed by atoms with van der Waals surface area (Å²) in [4.78, 5) is 25.1. The largest absolute Gasteiger partial charge is 0.507 e. The van der Waals surface area contributed by atoms with Crippen molar-refractivity contribution in [3.63, 3.8) is 0 Å². The quantitative estimate of drug-likeness (QED) is 0.742. The number of phenolic OH excluding ortho intramolecular Hbond substituents is 1. The maximum absolute atomic E-state index is 11.9. The van der Waals surface area contributed by atoms with Crippen LogP contribution in [-0.4, -0.2) is 15.9 Å². The molecule has 0 radical (unpaired) electrons. The van der Waals surface area contributed by atoms with Crippen molar-refractivity contribution < 1.29 is 9.90 Å². The summed E-state index contributed by atoms with van der Waals surface area (Å²) in [6.07, 6.45) is 1.33. The van der Waals surface area contributed by atoms with E-state index in [0.29, 0.717) is 5.56 Å². The van der Waals surface area contributed by atoms with Crippen LogP contribution in [0.15, 0.2) is 47.4 Å². The van der Waals surface area contributed by atoms with Gasteiger partial charge in [-0.25, -0.2) is 0 Å². The minimum atomic E-state index is -0.325. The number of rotatable bonds is 2. The Morgan fingerprint density at radius 1 is 1.12 bits per heavy atom. The Kier molecular flexibility index (Phi) is 2.55. The molecule has 0 aliphatic carbocycles. The zero-order chi connectivity index (χ0) is 11.5. The van der Waals surface area contributed by atoms with Gasteiger partial charge in [0.1, 0.15) is 5.75 Å². The Labute approximate surface area is 91.2 Å². The molecule has 0 aliphatic heterocycles. The van der Waals surface area contributed by atoms with E-state index in [0.717, 1.165) is 0 Å². The number of carbonyl (C=O) groups excluding carboxylic acids is 1. The van der Waals surface area contributed by atoms with Gasteiger partial charge in [0.25, 0.3) is 0 Å². The monoisotopic (exact) mass is 215 g/mol. The van der Waals surface area contributed by atoms with Crippen LogP contribution in [0.2, 0.25) is 0 Å². The average molecular weight is 215 g/mol. The van der Waals surface area contributed by atoms with Crippen molar-refractivity contribution in [2.45, 2.75) is 0 Å². The van der Waals surface area contributed by atoms with Crippen molar-refractivity contribution in [3.05, 3.63) is 64.1 Å². The van der Waals surface area contributed by atoms with Crippen LogP contribution in [0.3, 0.4) is 0 Å². The predicted octanol–water partition coefficient (Wildman–Crippen LogP) is 1.31. The zero-order valence-corrected chi connectivity index (χ0v) is 8.31. The average Bonchev–Trinajstić information content (AvgIpc) is 2.30. The van der Waals surface area contributed by atoms with Crippen molar-refractivity contribution in [1.29, 1.82) is 0 Å². The molecule has 0 amide bonds. The standard InChI is InChI=1S/C12H9NO3/c14-10-4-2-1-3-9(10)12(16)8-5-6-11(15)13-7-8/h1-7,14H,(H,13,15). The molecule has 1 aromatic carbocycles. The first-order valence-corrected chi connectivity index (χ1v) is 4.70. The van der Waals surface area contributed by atoms with Crippen LogP contribution in [0.25, 0.3) is 0 Å². The highest BCUT2D eigenvalue weighted by atomic mass is 16.3. The van der Waals surface area contributed by atoms with E-state index in [-0.39, 0.29) is 22.7 Å². The Morgan fingerprint density at radius 2 is 1.88 bits per heavy atom. The van der Waals surface area contributed by atoms with Crippen molar-refractivity contribution in [1.82, 2.24) is 4.98 Å². The van der Waals surface area contributed by atoms with E-state index < -0.39 is 0 Å². The number of aromatic hydroxyl groups is 1. The molecule has 2 N–H and O–H groups in total. The number of H-pyrrole nitrogens is 1. The minimum absolute atomic E-state index is 0.0706. The Hall–Kier alpha value is -2.36. The third kappa shape index (κ3) is 1.86. The molecule has 0 unspecified atom stereocenters. The number of aromatic nitrogens is 1. The number of pyridine rings is 1. The molecule has 0 aliphatic rings. The summed E-state index contributed by atoms with van der Waals surface area (Å²) in [5.74, 6) is -0.395. The van der Waals surface area contributed by atoms with Gasteiger partial charge in [-0.1, -0.05) is 12.1 Å². The maximum Gasteiger partial charge on any atom is 0.247 e. The van der Waals surface area contributed by atoms with E-state index >= 15 is 0 Å². The zero-order valence-electron chi connectivity index (χ0n) is 8.31. The van der Waals surface area contributed by atoms with Gasteiger partial charge in [0.05, 0.1) is 5.56 Å². The van der Waals surface area contributed by atoms with Crippen molar-refractivity contribution in [2.75, 3.05) is 0 Å². The fourth-order valence-electron chi connectivity index (χ4n) is 1.37. The Bertz CT molecular complexity index is 566. The summed E-state index contributed by atoms with van der Waals surface area (Å²) in [6.45, 7) is 0. The summed E-state index contributed by atoms with van der Waals surface area (Å²) < 4.78 is 0. The van der Waals surface area contributed by atoms with E-state index in [1.807, 2.05) is 0 Å². The molecule has 0 spiro atoms. The number of phenols is 1. The highest BCUT2D eigenvalue weighted by molar-refractivity contribution is 6.10. The third-order valence-corrected chi connectivity index (χ3v) is 2.20. The third-order valence-electron chi connectivity index (χ3n) is 2.20. The van der Waals surface area contributed by atoms with Gasteiger partial charge in [0.2, 0.25) is 5.56 Å². The van der Waals surface area contributed by atoms with Crippen LogP contribution in [0.1, 0.15) is 15.9 Å². The fourth-order valence-corrected chi connectivity index (χ4v) is 1.37. The predicted molar refractivity (Wildman–Crippen MR) is 58.6 cm³/mol. The van der Waals surface area contributed by atoms with Crippen LogP contribution in [0, 0.1) is 0 Å². The van der Waals surface area contributed by atoms with Crippen LogP contribution in [0.4, 0.5) is 0 Å². The van der Waals surface area contributed by atoms with Gasteiger partial charge in [0, 0.05) is 17.8 Å². The number of hydrogen-bond donors (Lipinski definition) is 2. The Balaban J connectivity index is 2.43. The highest BCUT2D eigenvalue weighted by Gasteiger charge is 2.12. The molecule has 2 rings (SSSR count). The van der Waals surface area contributed by atoms with Crippen molar-refractivity contribution >= 4 is 5.78 Å². The molecule has 0 saturated heterocycles. The van der Waals surface area contributed by atoms with Gasteiger partial charge in [-0.2, -0.15) is 0 Å². The lowest BCUT2D eigenvalue weighted by molar-refractivity contribution is 0.103. The number of benzene rings is 1. The first-order valence-electron chi connectivity index (χ1n) is 4.70. The molecule has 0 saturated carbocycles. The number of carbonyl (C=O) groups is 1. The summed E-state index contributed by atoms with van der Waals surface area (Å²) in [6, 6.07) is 8.97. The first-order chi connectivity index (χ1) is 7.68. The van der Waals surface area contributed by atoms with E-state index in [1.165, 1.54) is 30.5 Å². The normalized spacial score (nSPS) is 10.0. The van der Waals surface area contributed by atoms with Crippen LogP contribution >= 0.6 is 0 Å². The van der Waals surface area contributed by atoms with E-state index in [9.17, 15) is 14.7 Å². The second-order valence-corrected chi connectivity index (χ2v) is 3.29. The molecule has 16 heavy (non-hydrogen) atoms. The van der Waals surface area contributed by atoms with Gasteiger partial charge < -0.3 is 10.1 Å². The number of aromatic amines is 1. The number of ketones is 1. The van der Waals surface area contributed by atoms with Crippen molar-refractivity contribution in [2.24, 2.45) is 0 Å². The maximum atomic E-state index is 11.9. The van der Waals surface area contributed by atoms with Gasteiger partial charge in [-0.05, 0) is 18.2 Å². The van der Waals surface area contributed by atoms with Crippen LogP contribution in [0.5, 0.6) is 5.75 Å².